The predicted octanol–water partition coefficient (Wildman–Crippen LogP) is 11.4. The van der Waals surface area contributed by atoms with Crippen molar-refractivity contribution < 1.29 is 4.42 Å². The van der Waals surface area contributed by atoms with E-state index < -0.39 is 0 Å². The number of fused-ring (bicyclic) bond motifs is 5. The average Bonchev–Trinajstić information content (AvgIpc) is 3.49. The summed E-state index contributed by atoms with van der Waals surface area (Å²) in [5, 5.41) is 5.92. The molecule has 0 bridgehead atoms. The fraction of sp³-hybridized carbons (Fsp3) is 0. The summed E-state index contributed by atoms with van der Waals surface area (Å²) in [6.07, 6.45) is 1.64. The van der Waals surface area contributed by atoms with Crippen molar-refractivity contribution in [2.24, 2.45) is 0 Å². The summed E-state index contributed by atoms with van der Waals surface area (Å²) in [4.78, 5) is 9.42. The largest absolute Gasteiger partial charge is 0.452 e. The van der Waals surface area contributed by atoms with Crippen LogP contribution in [0.5, 0.6) is 0 Å². The number of furan rings is 1. The maximum absolute atomic E-state index is 6.46. The molecule has 0 amide bonds. The number of hydrogen-bond acceptors (Lipinski definition) is 3. The molecule has 3 heteroatoms. The van der Waals surface area contributed by atoms with Crippen LogP contribution in [-0.4, -0.2) is 9.97 Å². The molecule has 0 unspecified atom stereocenters. The summed E-state index contributed by atoms with van der Waals surface area (Å²) < 4.78 is 6.46. The van der Waals surface area contributed by atoms with Crippen molar-refractivity contribution >= 4 is 43.6 Å². The third-order valence-electron chi connectivity index (χ3n) is 8.78. The van der Waals surface area contributed by atoms with E-state index in [1.165, 1.54) is 38.2 Å². The van der Waals surface area contributed by atoms with E-state index in [9.17, 15) is 0 Å². The maximum Gasteiger partial charge on any atom is 0.180 e. The Morgan fingerprint density at radius 1 is 0.400 bits per heavy atom. The number of nitrogens with zero attached hydrogens (tertiary/aromatic N) is 2. The lowest BCUT2D eigenvalue weighted by molar-refractivity contribution is 0.667. The summed E-state index contributed by atoms with van der Waals surface area (Å²) in [5.74, 6) is 0. The zero-order valence-electron chi connectivity index (χ0n) is 24.3. The third-order valence-corrected chi connectivity index (χ3v) is 8.78. The fourth-order valence-electron chi connectivity index (χ4n) is 6.62. The molecule has 0 aliphatic heterocycles. The molecule has 9 rings (SSSR count). The lowest BCUT2D eigenvalue weighted by atomic mass is 9.95. The highest BCUT2D eigenvalue weighted by atomic mass is 16.3. The first kappa shape index (κ1) is 25.4. The standard InChI is InChI=1S/C42H26N2O/c1-3-17-34-27(9-1)11-7-19-36(34)31-14-5-13-29(23-31)30-21-22-39-38(25-30)41-42(45-39)40(43-26-44-41)33-16-6-15-32(24-33)37-20-8-12-28-10-2-4-18-35(28)37/h1-26H. The minimum atomic E-state index is 0.698. The molecular weight excluding hydrogens is 548 g/mol. The molecule has 9 aromatic rings. The normalized spacial score (nSPS) is 11.6. The van der Waals surface area contributed by atoms with E-state index in [1.54, 1.807) is 6.33 Å². The van der Waals surface area contributed by atoms with Crippen molar-refractivity contribution in [3.05, 3.63) is 158 Å². The van der Waals surface area contributed by atoms with Crippen LogP contribution in [0.3, 0.4) is 0 Å². The van der Waals surface area contributed by atoms with Crippen LogP contribution in [0.4, 0.5) is 0 Å². The van der Waals surface area contributed by atoms with Crippen molar-refractivity contribution in [3.8, 4) is 44.6 Å². The molecule has 0 spiro atoms. The van der Waals surface area contributed by atoms with E-state index in [1.807, 2.05) is 6.07 Å². The van der Waals surface area contributed by atoms with E-state index >= 15 is 0 Å². The van der Waals surface area contributed by atoms with Crippen LogP contribution in [-0.2, 0) is 0 Å². The first-order valence-corrected chi connectivity index (χ1v) is 15.1. The number of hydrogen-bond donors (Lipinski definition) is 0. The van der Waals surface area contributed by atoms with E-state index in [-0.39, 0.29) is 0 Å². The molecule has 0 N–H and O–H groups in total. The summed E-state index contributed by atoms with van der Waals surface area (Å²) >= 11 is 0. The highest BCUT2D eigenvalue weighted by Crippen LogP contribution is 2.38. The van der Waals surface area contributed by atoms with Gasteiger partial charge in [0.1, 0.15) is 23.1 Å². The zero-order valence-corrected chi connectivity index (χ0v) is 24.3. The lowest BCUT2D eigenvalue weighted by Gasteiger charge is -2.09. The molecule has 0 aliphatic carbocycles. The molecule has 7 aromatic carbocycles. The number of aromatic nitrogens is 2. The van der Waals surface area contributed by atoms with Crippen molar-refractivity contribution in [2.45, 2.75) is 0 Å². The number of rotatable bonds is 4. The highest BCUT2D eigenvalue weighted by molar-refractivity contribution is 6.08. The molecule has 210 valence electrons. The summed E-state index contributed by atoms with van der Waals surface area (Å²) in [6.45, 7) is 0. The maximum atomic E-state index is 6.46. The SMILES string of the molecule is c1cc(-c2ccc3oc4c(-c5cccc(-c6cccc7ccccc67)c5)ncnc4c3c2)cc(-c2cccc3ccccc23)c1. The number of benzene rings is 7. The van der Waals surface area contributed by atoms with Gasteiger partial charge in [0.15, 0.2) is 5.58 Å². The van der Waals surface area contributed by atoms with Crippen LogP contribution in [0.2, 0.25) is 0 Å². The smallest absolute Gasteiger partial charge is 0.180 e. The molecule has 0 atom stereocenters. The first-order valence-electron chi connectivity index (χ1n) is 15.1. The zero-order chi connectivity index (χ0) is 29.7. The molecule has 2 heterocycles. The second-order valence-corrected chi connectivity index (χ2v) is 11.4. The monoisotopic (exact) mass is 574 g/mol. The third kappa shape index (κ3) is 4.29. The van der Waals surface area contributed by atoms with E-state index in [2.05, 4.69) is 146 Å². The van der Waals surface area contributed by atoms with Gasteiger partial charge in [0.05, 0.1) is 0 Å². The Hall–Kier alpha value is -6.06. The minimum Gasteiger partial charge on any atom is -0.452 e. The van der Waals surface area contributed by atoms with Gasteiger partial charge in [-0.05, 0) is 79.2 Å². The Balaban J connectivity index is 1.14. The molecule has 0 saturated carbocycles. The quantitative estimate of drug-likeness (QED) is 0.210. The Kier molecular flexibility index (Phi) is 5.82. The first-order chi connectivity index (χ1) is 22.3. The van der Waals surface area contributed by atoms with Crippen molar-refractivity contribution in [3.63, 3.8) is 0 Å². The van der Waals surface area contributed by atoms with Gasteiger partial charge in [0.2, 0.25) is 0 Å². The molecule has 0 aliphatic rings. The van der Waals surface area contributed by atoms with Crippen LogP contribution in [0, 0.1) is 0 Å². The fourth-order valence-corrected chi connectivity index (χ4v) is 6.62. The second kappa shape index (κ2) is 10.3. The van der Waals surface area contributed by atoms with Gasteiger partial charge in [-0.15, -0.1) is 0 Å². The topological polar surface area (TPSA) is 38.9 Å². The van der Waals surface area contributed by atoms with Crippen LogP contribution in [0.1, 0.15) is 0 Å². The van der Waals surface area contributed by atoms with Crippen molar-refractivity contribution in [1.29, 1.82) is 0 Å². The molecule has 2 aromatic heterocycles. The Bertz CT molecular complexity index is 2550. The second-order valence-electron chi connectivity index (χ2n) is 11.4. The van der Waals surface area contributed by atoms with Gasteiger partial charge in [-0.25, -0.2) is 9.97 Å². The van der Waals surface area contributed by atoms with Gasteiger partial charge >= 0.3 is 0 Å². The minimum absolute atomic E-state index is 0.698. The van der Waals surface area contributed by atoms with Crippen molar-refractivity contribution in [2.75, 3.05) is 0 Å². The van der Waals surface area contributed by atoms with E-state index in [4.69, 9.17) is 14.4 Å². The molecule has 45 heavy (non-hydrogen) atoms. The molecule has 3 nitrogen and oxygen atoms in total. The van der Waals surface area contributed by atoms with Crippen molar-refractivity contribution in [1.82, 2.24) is 9.97 Å². The summed E-state index contributed by atoms with van der Waals surface area (Å²) in [6, 6.07) is 53.6. The van der Waals surface area contributed by atoms with E-state index in [0.29, 0.717) is 5.58 Å². The summed E-state index contributed by atoms with van der Waals surface area (Å²) in [7, 11) is 0. The van der Waals surface area contributed by atoms with Crippen LogP contribution in [0.25, 0.3) is 88.3 Å². The van der Waals surface area contributed by atoms with Crippen LogP contribution < -0.4 is 0 Å². The van der Waals surface area contributed by atoms with Crippen LogP contribution in [0.15, 0.2) is 162 Å². The highest BCUT2D eigenvalue weighted by Gasteiger charge is 2.17. The van der Waals surface area contributed by atoms with Gasteiger partial charge in [0, 0.05) is 10.9 Å². The summed E-state index contributed by atoms with van der Waals surface area (Å²) in [5.41, 5.74) is 11.1. The lowest BCUT2D eigenvalue weighted by Crippen LogP contribution is -1.88. The molecular formula is C42H26N2O. The molecule has 0 fully saturated rings. The molecule has 0 saturated heterocycles. The van der Waals surface area contributed by atoms with Gasteiger partial charge in [-0.3, -0.25) is 0 Å². The Labute approximate surface area is 260 Å². The van der Waals surface area contributed by atoms with Gasteiger partial charge < -0.3 is 4.42 Å². The Morgan fingerprint density at radius 2 is 0.956 bits per heavy atom. The average molecular weight is 575 g/mol. The van der Waals surface area contributed by atoms with Gasteiger partial charge in [0.25, 0.3) is 0 Å². The van der Waals surface area contributed by atoms with E-state index in [0.717, 1.165) is 44.4 Å². The Morgan fingerprint density at radius 3 is 1.67 bits per heavy atom. The van der Waals surface area contributed by atoms with Crippen LogP contribution >= 0.6 is 0 Å². The molecule has 0 radical (unpaired) electrons. The van der Waals surface area contributed by atoms with Gasteiger partial charge in [-0.1, -0.05) is 127 Å². The van der Waals surface area contributed by atoms with Gasteiger partial charge in [-0.2, -0.15) is 0 Å². The predicted molar refractivity (Wildman–Crippen MR) is 186 cm³/mol.